The summed E-state index contributed by atoms with van der Waals surface area (Å²) in [7, 11) is 4.05. The van der Waals surface area contributed by atoms with Crippen LogP contribution < -0.4 is 15.0 Å². The third kappa shape index (κ3) is 6.43. The van der Waals surface area contributed by atoms with E-state index in [1.807, 2.05) is 79.7 Å². The molecule has 40 heavy (non-hydrogen) atoms. The van der Waals surface area contributed by atoms with Crippen LogP contribution in [0.25, 0.3) is 11.1 Å². The van der Waals surface area contributed by atoms with Gasteiger partial charge < -0.3 is 19.9 Å². The van der Waals surface area contributed by atoms with E-state index in [4.69, 9.17) is 4.74 Å². The highest BCUT2D eigenvalue weighted by Gasteiger charge is 2.24. The lowest BCUT2D eigenvalue weighted by atomic mass is 9.99. The highest BCUT2D eigenvalue weighted by Crippen LogP contribution is 2.34. The Morgan fingerprint density at radius 1 is 0.975 bits per heavy atom. The monoisotopic (exact) mass is 553 g/mol. The lowest BCUT2D eigenvalue weighted by Crippen LogP contribution is -2.31. The van der Waals surface area contributed by atoms with E-state index in [0.29, 0.717) is 35.7 Å². The summed E-state index contributed by atoms with van der Waals surface area (Å²) in [5.41, 5.74) is 4.50. The van der Waals surface area contributed by atoms with Crippen molar-refractivity contribution in [1.29, 1.82) is 0 Å². The number of fused-ring (bicyclic) bond motifs is 1. The molecule has 0 aliphatic carbocycles. The van der Waals surface area contributed by atoms with Gasteiger partial charge in [0.25, 0.3) is 11.8 Å². The first kappa shape index (κ1) is 27.6. The van der Waals surface area contributed by atoms with Gasteiger partial charge in [0, 0.05) is 29.1 Å². The molecule has 0 saturated heterocycles. The minimum atomic E-state index is -0.230. The molecular weight excluding hydrogens is 518 g/mol. The van der Waals surface area contributed by atoms with Crippen LogP contribution in [0.4, 0.5) is 11.4 Å². The van der Waals surface area contributed by atoms with E-state index in [-0.39, 0.29) is 11.8 Å². The van der Waals surface area contributed by atoms with Gasteiger partial charge >= 0.3 is 0 Å². The number of hydrogen-bond acceptors (Lipinski definition) is 5. The number of aryl methyl sites for hydroxylation is 1. The molecule has 2 amide bonds. The first-order chi connectivity index (χ1) is 19.5. The van der Waals surface area contributed by atoms with Gasteiger partial charge in [-0.2, -0.15) is 0 Å². The van der Waals surface area contributed by atoms with Crippen molar-refractivity contribution in [1.82, 2.24) is 4.90 Å². The van der Waals surface area contributed by atoms with E-state index >= 15 is 0 Å². The molecule has 5 rings (SSSR count). The maximum Gasteiger partial charge on any atom is 0.258 e. The molecule has 0 radical (unpaired) electrons. The van der Waals surface area contributed by atoms with Crippen molar-refractivity contribution >= 4 is 34.5 Å². The molecule has 206 valence electrons. The van der Waals surface area contributed by atoms with E-state index in [2.05, 4.69) is 15.6 Å². The molecule has 2 heterocycles. The van der Waals surface area contributed by atoms with Crippen LogP contribution in [-0.2, 0) is 6.42 Å². The van der Waals surface area contributed by atoms with Crippen LogP contribution in [-0.4, -0.2) is 50.5 Å². The number of thiophene rings is 1. The summed E-state index contributed by atoms with van der Waals surface area (Å²) in [5.74, 6) is 0.217. The van der Waals surface area contributed by atoms with Gasteiger partial charge in [0.2, 0.25) is 0 Å². The highest BCUT2D eigenvalue weighted by molar-refractivity contribution is 7.10. The number of nitrogens with one attached hydrogen (secondary N) is 1. The van der Waals surface area contributed by atoms with Gasteiger partial charge in [-0.15, -0.1) is 11.3 Å². The van der Waals surface area contributed by atoms with Gasteiger partial charge in [-0.05, 0) is 86.6 Å². The molecule has 7 heteroatoms. The number of benzene rings is 3. The van der Waals surface area contributed by atoms with Crippen LogP contribution >= 0.6 is 11.3 Å². The molecule has 0 unspecified atom stereocenters. The van der Waals surface area contributed by atoms with Crippen molar-refractivity contribution in [2.24, 2.45) is 0 Å². The Balaban J connectivity index is 1.42. The van der Waals surface area contributed by atoms with Crippen molar-refractivity contribution in [2.75, 3.05) is 44.0 Å². The Hall–Kier alpha value is -3.94. The average molecular weight is 554 g/mol. The van der Waals surface area contributed by atoms with Crippen molar-refractivity contribution in [3.05, 3.63) is 100 Å². The first-order valence-corrected chi connectivity index (χ1v) is 14.6. The summed E-state index contributed by atoms with van der Waals surface area (Å²) >= 11 is 1.71. The number of amides is 2. The molecule has 4 aromatic rings. The van der Waals surface area contributed by atoms with Crippen LogP contribution in [0.2, 0.25) is 0 Å². The molecule has 1 aliphatic heterocycles. The number of carbonyl (C=O) groups is 2. The molecule has 0 atom stereocenters. The van der Waals surface area contributed by atoms with Crippen LogP contribution in [0.15, 0.2) is 84.2 Å². The molecule has 1 aliphatic rings. The van der Waals surface area contributed by atoms with Crippen LogP contribution in [0, 0.1) is 0 Å². The molecule has 0 spiro atoms. The van der Waals surface area contributed by atoms with Crippen molar-refractivity contribution in [2.45, 2.75) is 25.7 Å². The van der Waals surface area contributed by atoms with E-state index in [1.54, 1.807) is 29.5 Å². The van der Waals surface area contributed by atoms with Crippen molar-refractivity contribution in [3.63, 3.8) is 0 Å². The SMILES string of the molecule is CN(C)CCCOc1cc(C(=O)N2CCCCc3sccc32)ccc1NC(=O)c1ccccc1-c1ccccc1. The van der Waals surface area contributed by atoms with Gasteiger partial charge in [0.1, 0.15) is 5.75 Å². The Bertz CT molecular complexity index is 1460. The van der Waals surface area contributed by atoms with Crippen LogP contribution in [0.5, 0.6) is 5.75 Å². The highest BCUT2D eigenvalue weighted by atomic mass is 32.1. The zero-order chi connectivity index (χ0) is 27.9. The fourth-order valence-corrected chi connectivity index (χ4v) is 5.91. The van der Waals surface area contributed by atoms with E-state index in [0.717, 1.165) is 49.0 Å². The van der Waals surface area contributed by atoms with Gasteiger partial charge in [-0.3, -0.25) is 9.59 Å². The second-order valence-electron chi connectivity index (χ2n) is 10.2. The largest absolute Gasteiger partial charge is 0.491 e. The summed E-state index contributed by atoms with van der Waals surface area (Å²) in [6.45, 7) is 2.04. The quantitative estimate of drug-likeness (QED) is 0.227. The van der Waals surface area contributed by atoms with E-state index in [9.17, 15) is 9.59 Å². The number of hydrogen-bond donors (Lipinski definition) is 1. The second-order valence-corrected chi connectivity index (χ2v) is 11.2. The van der Waals surface area contributed by atoms with Crippen molar-refractivity contribution in [3.8, 4) is 16.9 Å². The lowest BCUT2D eigenvalue weighted by molar-refractivity contribution is 0.0985. The maximum atomic E-state index is 13.7. The third-order valence-corrected chi connectivity index (χ3v) is 8.00. The molecule has 3 aromatic carbocycles. The van der Waals surface area contributed by atoms with Gasteiger partial charge in [-0.1, -0.05) is 48.5 Å². The Morgan fingerprint density at radius 3 is 2.60 bits per heavy atom. The fraction of sp³-hybridized carbons (Fsp3) is 0.273. The smallest absolute Gasteiger partial charge is 0.258 e. The topological polar surface area (TPSA) is 61.9 Å². The normalized spacial score (nSPS) is 13.0. The molecule has 0 saturated carbocycles. The molecular formula is C33H35N3O3S. The van der Waals surface area contributed by atoms with Gasteiger partial charge in [0.15, 0.2) is 0 Å². The number of nitrogens with zero attached hydrogens (tertiary/aromatic N) is 2. The summed E-state index contributed by atoms with van der Waals surface area (Å²) < 4.78 is 6.19. The van der Waals surface area contributed by atoms with Crippen LogP contribution in [0.3, 0.4) is 0 Å². The lowest BCUT2D eigenvalue weighted by Gasteiger charge is -2.22. The molecule has 0 bridgehead atoms. The van der Waals surface area contributed by atoms with E-state index in [1.165, 1.54) is 4.88 Å². The zero-order valence-electron chi connectivity index (χ0n) is 23.1. The first-order valence-electron chi connectivity index (χ1n) is 13.8. The molecule has 1 N–H and O–H groups in total. The predicted molar refractivity (Wildman–Crippen MR) is 164 cm³/mol. The molecule has 1 aromatic heterocycles. The molecule has 6 nitrogen and oxygen atoms in total. The second kappa shape index (κ2) is 12.9. The average Bonchev–Trinajstić information content (AvgIpc) is 3.35. The number of carbonyl (C=O) groups excluding carboxylic acids is 2. The minimum Gasteiger partial charge on any atom is -0.491 e. The third-order valence-electron chi connectivity index (χ3n) is 7.03. The number of rotatable bonds is 9. The van der Waals surface area contributed by atoms with Gasteiger partial charge in [-0.25, -0.2) is 0 Å². The minimum absolute atomic E-state index is 0.0491. The Kier molecular flexibility index (Phi) is 8.94. The summed E-state index contributed by atoms with van der Waals surface area (Å²) in [5, 5.41) is 5.11. The summed E-state index contributed by atoms with van der Waals surface area (Å²) in [6, 6.07) is 24.8. The summed E-state index contributed by atoms with van der Waals surface area (Å²) in [4.78, 5) is 32.5. The summed E-state index contributed by atoms with van der Waals surface area (Å²) in [6.07, 6.45) is 3.87. The predicted octanol–water partition coefficient (Wildman–Crippen LogP) is 6.98. The Morgan fingerprint density at radius 2 is 1.77 bits per heavy atom. The number of anilines is 2. The zero-order valence-corrected chi connectivity index (χ0v) is 23.9. The van der Waals surface area contributed by atoms with Crippen LogP contribution in [0.1, 0.15) is 44.9 Å². The standard InChI is InChI=1S/C33H35N3O3S/c1-35(2)19-10-21-39-30-23-25(33(38)36-20-9-8-15-31-29(36)18-22-40-31)16-17-28(30)34-32(37)27-14-7-6-13-26(27)24-11-4-3-5-12-24/h3-7,11-14,16-18,22-23H,8-10,15,19-21H2,1-2H3,(H,34,37). The van der Waals surface area contributed by atoms with E-state index < -0.39 is 0 Å². The Labute approximate surface area is 240 Å². The van der Waals surface area contributed by atoms with Gasteiger partial charge in [0.05, 0.1) is 18.0 Å². The van der Waals surface area contributed by atoms with Crippen molar-refractivity contribution < 1.29 is 14.3 Å². The fourth-order valence-electron chi connectivity index (χ4n) is 4.99. The molecule has 0 fully saturated rings. The maximum absolute atomic E-state index is 13.7. The number of ether oxygens (including phenoxy) is 1.